The standard InChI is InChI=1S/C21H26F3N3O2/c1-13-9-16(5-8-18(13)22)26-20(29)14-10-19(27(2)11-14)21(23,24)12-25-15-3-6-17(28)7-4-15/h5,8-11,15,17,25,28H,3-4,6-7,12H2,1-2H3,(H,26,29)/t15-,17+. The van der Waals surface area contributed by atoms with Gasteiger partial charge in [0.2, 0.25) is 0 Å². The Morgan fingerprint density at radius 2 is 1.93 bits per heavy atom. The number of aliphatic hydroxyl groups is 1. The highest BCUT2D eigenvalue weighted by Gasteiger charge is 2.36. The van der Waals surface area contributed by atoms with Crippen LogP contribution in [0.1, 0.15) is 47.3 Å². The molecule has 3 rings (SSSR count). The van der Waals surface area contributed by atoms with E-state index in [-0.39, 0.29) is 29.2 Å². The molecule has 29 heavy (non-hydrogen) atoms. The van der Waals surface area contributed by atoms with Gasteiger partial charge in [-0.15, -0.1) is 0 Å². The number of aryl methyl sites for hydroxylation is 2. The van der Waals surface area contributed by atoms with Gasteiger partial charge >= 0.3 is 0 Å². The van der Waals surface area contributed by atoms with Gasteiger partial charge in [0.25, 0.3) is 11.8 Å². The lowest BCUT2D eigenvalue weighted by Gasteiger charge is -2.28. The molecule has 8 heteroatoms. The molecule has 0 radical (unpaired) electrons. The molecule has 0 bridgehead atoms. The molecule has 3 N–H and O–H groups in total. The van der Waals surface area contributed by atoms with Crippen LogP contribution in [0, 0.1) is 12.7 Å². The van der Waals surface area contributed by atoms with E-state index in [0.717, 1.165) is 0 Å². The average molecular weight is 409 g/mol. The lowest BCUT2D eigenvalue weighted by molar-refractivity contribution is -0.0150. The fourth-order valence-corrected chi connectivity index (χ4v) is 3.62. The van der Waals surface area contributed by atoms with Crippen molar-refractivity contribution in [3.05, 3.63) is 53.1 Å². The van der Waals surface area contributed by atoms with Gasteiger partial charge in [-0.2, -0.15) is 8.78 Å². The van der Waals surface area contributed by atoms with Crippen molar-refractivity contribution < 1.29 is 23.1 Å². The summed E-state index contributed by atoms with van der Waals surface area (Å²) in [4.78, 5) is 12.4. The van der Waals surface area contributed by atoms with Gasteiger partial charge in [0, 0.05) is 25.0 Å². The smallest absolute Gasteiger partial charge is 0.299 e. The highest BCUT2D eigenvalue weighted by Crippen LogP contribution is 2.30. The van der Waals surface area contributed by atoms with Crippen molar-refractivity contribution >= 4 is 11.6 Å². The molecule has 1 saturated carbocycles. The number of halogens is 3. The molecule has 158 valence electrons. The third-order valence-electron chi connectivity index (χ3n) is 5.37. The number of alkyl halides is 2. The Kier molecular flexibility index (Phi) is 6.33. The summed E-state index contributed by atoms with van der Waals surface area (Å²) in [6.07, 6.45) is 3.56. The Morgan fingerprint density at radius 3 is 2.59 bits per heavy atom. The predicted molar refractivity (Wildman–Crippen MR) is 105 cm³/mol. The number of aromatic nitrogens is 1. The summed E-state index contributed by atoms with van der Waals surface area (Å²) in [5.41, 5.74) is 0.614. The summed E-state index contributed by atoms with van der Waals surface area (Å²) in [5, 5.41) is 15.0. The highest BCUT2D eigenvalue weighted by molar-refractivity contribution is 6.04. The average Bonchev–Trinajstić information content (AvgIpc) is 3.07. The fourth-order valence-electron chi connectivity index (χ4n) is 3.62. The van der Waals surface area contributed by atoms with Crippen LogP contribution in [-0.2, 0) is 13.0 Å². The SMILES string of the molecule is Cc1cc(NC(=O)c2cc(C(F)(F)CN[C@H]3CC[C@@H](O)CC3)n(C)c2)ccc1F. The number of aliphatic hydroxyl groups excluding tert-OH is 1. The molecule has 1 aromatic carbocycles. The molecular formula is C21H26F3N3O2. The minimum absolute atomic E-state index is 0.0472. The first kappa shape index (κ1) is 21.4. The maximum atomic E-state index is 14.7. The molecule has 1 fully saturated rings. The topological polar surface area (TPSA) is 66.3 Å². The van der Waals surface area contributed by atoms with Crippen molar-refractivity contribution in [1.82, 2.24) is 9.88 Å². The van der Waals surface area contributed by atoms with Crippen LogP contribution in [0.5, 0.6) is 0 Å². The van der Waals surface area contributed by atoms with E-state index < -0.39 is 18.4 Å². The van der Waals surface area contributed by atoms with Crippen LogP contribution in [0.2, 0.25) is 0 Å². The Morgan fingerprint density at radius 1 is 1.24 bits per heavy atom. The Bertz CT molecular complexity index is 874. The monoisotopic (exact) mass is 409 g/mol. The van der Waals surface area contributed by atoms with Crippen LogP contribution in [0.15, 0.2) is 30.5 Å². The van der Waals surface area contributed by atoms with E-state index in [1.165, 1.54) is 42.1 Å². The molecule has 0 unspecified atom stereocenters. The summed E-state index contributed by atoms with van der Waals surface area (Å²) in [6, 6.07) is 5.28. The van der Waals surface area contributed by atoms with E-state index >= 15 is 0 Å². The van der Waals surface area contributed by atoms with Gasteiger partial charge in [-0.1, -0.05) is 0 Å². The van der Waals surface area contributed by atoms with Crippen molar-refractivity contribution in [1.29, 1.82) is 0 Å². The molecule has 0 atom stereocenters. The van der Waals surface area contributed by atoms with Gasteiger partial charge in [-0.3, -0.25) is 4.79 Å². The molecule has 0 aliphatic heterocycles. The fraction of sp³-hybridized carbons (Fsp3) is 0.476. The normalized spacial score (nSPS) is 19.9. The molecule has 1 aliphatic rings. The number of benzene rings is 1. The number of carbonyl (C=O) groups is 1. The van der Waals surface area contributed by atoms with E-state index in [9.17, 15) is 23.1 Å². The van der Waals surface area contributed by atoms with Crippen molar-refractivity contribution in [2.24, 2.45) is 7.05 Å². The highest BCUT2D eigenvalue weighted by atomic mass is 19.3. The predicted octanol–water partition coefficient (Wildman–Crippen LogP) is 3.71. The van der Waals surface area contributed by atoms with Gasteiger partial charge < -0.3 is 20.3 Å². The maximum absolute atomic E-state index is 14.7. The van der Waals surface area contributed by atoms with Crippen LogP contribution in [0.4, 0.5) is 18.9 Å². The first-order valence-corrected chi connectivity index (χ1v) is 9.69. The van der Waals surface area contributed by atoms with Crippen LogP contribution < -0.4 is 10.6 Å². The van der Waals surface area contributed by atoms with Gasteiger partial charge in [0.05, 0.1) is 23.9 Å². The van der Waals surface area contributed by atoms with Gasteiger partial charge in [0.1, 0.15) is 5.82 Å². The zero-order valence-electron chi connectivity index (χ0n) is 16.5. The molecule has 5 nitrogen and oxygen atoms in total. The van der Waals surface area contributed by atoms with Crippen LogP contribution in [0.3, 0.4) is 0 Å². The Balaban J connectivity index is 1.66. The lowest BCUT2D eigenvalue weighted by atomic mass is 9.93. The minimum atomic E-state index is -3.16. The van der Waals surface area contributed by atoms with Crippen LogP contribution in [-0.4, -0.2) is 34.3 Å². The summed E-state index contributed by atoms with van der Waals surface area (Å²) >= 11 is 0. The van der Waals surface area contributed by atoms with Crippen molar-refractivity contribution in [3.8, 4) is 0 Å². The quantitative estimate of drug-likeness (QED) is 0.682. The number of amides is 1. The Labute approximate surface area is 167 Å². The van der Waals surface area contributed by atoms with Gasteiger partial charge in [-0.05, 0) is 62.4 Å². The zero-order valence-corrected chi connectivity index (χ0v) is 16.5. The van der Waals surface area contributed by atoms with E-state index in [1.807, 2.05) is 0 Å². The number of rotatable bonds is 6. The third kappa shape index (κ3) is 5.19. The number of nitrogens with zero attached hydrogens (tertiary/aromatic N) is 1. The molecular weight excluding hydrogens is 383 g/mol. The number of nitrogens with one attached hydrogen (secondary N) is 2. The second-order valence-electron chi connectivity index (χ2n) is 7.73. The first-order chi connectivity index (χ1) is 13.7. The summed E-state index contributed by atoms with van der Waals surface area (Å²) in [7, 11) is 1.47. The van der Waals surface area contributed by atoms with Crippen LogP contribution in [0.25, 0.3) is 0 Å². The zero-order chi connectivity index (χ0) is 21.2. The summed E-state index contributed by atoms with van der Waals surface area (Å²) in [5.74, 6) is -4.08. The number of carbonyl (C=O) groups excluding carboxylic acids is 1. The Hall–Kier alpha value is -2.32. The maximum Gasteiger partial charge on any atom is 0.299 e. The first-order valence-electron chi connectivity index (χ1n) is 9.69. The second kappa shape index (κ2) is 8.59. The number of anilines is 1. The van der Waals surface area contributed by atoms with Gasteiger partial charge in [-0.25, -0.2) is 4.39 Å². The summed E-state index contributed by atoms with van der Waals surface area (Å²) in [6.45, 7) is 1.04. The largest absolute Gasteiger partial charge is 0.393 e. The van der Waals surface area contributed by atoms with Crippen LogP contribution >= 0.6 is 0 Å². The van der Waals surface area contributed by atoms with Gasteiger partial charge in [0.15, 0.2) is 0 Å². The van der Waals surface area contributed by atoms with E-state index in [1.54, 1.807) is 6.92 Å². The third-order valence-corrected chi connectivity index (χ3v) is 5.37. The van der Waals surface area contributed by atoms with Crippen molar-refractivity contribution in [2.75, 3.05) is 11.9 Å². The minimum Gasteiger partial charge on any atom is -0.393 e. The molecule has 1 heterocycles. The summed E-state index contributed by atoms with van der Waals surface area (Å²) < 4.78 is 44.1. The van der Waals surface area contributed by atoms with E-state index in [2.05, 4.69) is 10.6 Å². The van der Waals surface area contributed by atoms with E-state index in [0.29, 0.717) is 36.9 Å². The number of hydrogen-bond acceptors (Lipinski definition) is 3. The lowest BCUT2D eigenvalue weighted by Crippen LogP contribution is -2.41. The van der Waals surface area contributed by atoms with Crippen molar-refractivity contribution in [2.45, 2.75) is 50.7 Å². The molecule has 0 spiro atoms. The number of hydrogen-bond donors (Lipinski definition) is 3. The van der Waals surface area contributed by atoms with E-state index in [4.69, 9.17) is 0 Å². The molecule has 1 aromatic heterocycles. The molecule has 2 aromatic rings. The second-order valence-corrected chi connectivity index (χ2v) is 7.73. The van der Waals surface area contributed by atoms with Crippen molar-refractivity contribution in [3.63, 3.8) is 0 Å². The molecule has 1 amide bonds. The molecule has 1 aliphatic carbocycles. The molecule has 0 saturated heterocycles.